The van der Waals surface area contributed by atoms with Crippen molar-refractivity contribution in [1.82, 2.24) is 4.98 Å². The maximum absolute atomic E-state index is 12.6. The summed E-state index contributed by atoms with van der Waals surface area (Å²) in [5.41, 5.74) is 2.12. The maximum Gasteiger partial charge on any atom is 0.265 e. The molecule has 138 valence electrons. The topological polar surface area (TPSA) is 54.5 Å². The number of hydrogen-bond donors (Lipinski definition) is 1. The zero-order valence-corrected chi connectivity index (χ0v) is 15.8. The molecule has 26 heavy (non-hydrogen) atoms. The van der Waals surface area contributed by atoms with Crippen LogP contribution in [0.5, 0.6) is 0 Å². The molecule has 2 aromatic heterocycles. The van der Waals surface area contributed by atoms with Gasteiger partial charge in [0, 0.05) is 18.0 Å². The van der Waals surface area contributed by atoms with Crippen molar-refractivity contribution in [2.75, 3.05) is 36.5 Å². The minimum atomic E-state index is -0.0253. The van der Waals surface area contributed by atoms with Gasteiger partial charge < -0.3 is 15.0 Å². The van der Waals surface area contributed by atoms with E-state index in [1.54, 1.807) is 17.5 Å². The molecule has 1 aliphatic carbocycles. The second kappa shape index (κ2) is 8.18. The quantitative estimate of drug-likeness (QED) is 0.889. The monoisotopic (exact) mass is 371 g/mol. The smallest absolute Gasteiger partial charge is 0.265 e. The van der Waals surface area contributed by atoms with E-state index >= 15 is 0 Å². The van der Waals surface area contributed by atoms with Crippen molar-refractivity contribution in [3.05, 3.63) is 39.7 Å². The van der Waals surface area contributed by atoms with Gasteiger partial charge in [0.2, 0.25) is 0 Å². The Hall–Kier alpha value is -1.92. The lowest BCUT2D eigenvalue weighted by Crippen LogP contribution is -2.36. The lowest BCUT2D eigenvalue weighted by molar-refractivity contribution is 0.103. The van der Waals surface area contributed by atoms with Crippen molar-refractivity contribution in [3.8, 4) is 0 Å². The molecule has 0 aromatic carbocycles. The van der Waals surface area contributed by atoms with E-state index in [1.807, 2.05) is 12.1 Å². The van der Waals surface area contributed by atoms with E-state index in [-0.39, 0.29) is 5.91 Å². The van der Waals surface area contributed by atoms with Crippen LogP contribution in [-0.4, -0.2) is 37.2 Å². The van der Waals surface area contributed by atoms with Crippen LogP contribution in [0.4, 0.5) is 11.5 Å². The van der Waals surface area contributed by atoms with Crippen molar-refractivity contribution >= 4 is 28.7 Å². The molecule has 1 aliphatic heterocycles. The number of nitrogens with zero attached hydrogens (tertiary/aromatic N) is 2. The number of anilines is 2. The molecular formula is C20H25N3O2S. The first kappa shape index (κ1) is 17.5. The van der Waals surface area contributed by atoms with E-state index in [4.69, 9.17) is 4.74 Å². The van der Waals surface area contributed by atoms with E-state index in [1.165, 1.54) is 36.1 Å². The maximum atomic E-state index is 12.6. The molecule has 1 amide bonds. The van der Waals surface area contributed by atoms with Crippen LogP contribution in [0.1, 0.15) is 45.8 Å². The Morgan fingerprint density at radius 1 is 1.12 bits per heavy atom. The number of morpholine rings is 1. The van der Waals surface area contributed by atoms with Gasteiger partial charge in [-0.25, -0.2) is 4.98 Å². The zero-order valence-electron chi connectivity index (χ0n) is 15.0. The lowest BCUT2D eigenvalue weighted by Gasteiger charge is -2.27. The standard InChI is InChI=1S/C20H25N3O2S/c24-20(18-13-15-5-3-1-2-4-6-17(15)26-18)22-16-7-8-19(21-14-16)23-9-11-25-12-10-23/h7-8,13-14H,1-6,9-12H2,(H,22,24). The Kier molecular flexibility index (Phi) is 5.51. The van der Waals surface area contributed by atoms with Crippen molar-refractivity contribution in [1.29, 1.82) is 0 Å². The fourth-order valence-corrected chi connectivity index (χ4v) is 4.74. The largest absolute Gasteiger partial charge is 0.378 e. The van der Waals surface area contributed by atoms with E-state index in [2.05, 4.69) is 21.3 Å². The molecule has 0 unspecified atom stereocenters. The van der Waals surface area contributed by atoms with Crippen LogP contribution in [0.15, 0.2) is 24.4 Å². The number of aryl methyl sites for hydroxylation is 2. The molecule has 0 spiro atoms. The van der Waals surface area contributed by atoms with Gasteiger partial charge in [-0.2, -0.15) is 0 Å². The number of carbonyl (C=O) groups is 1. The van der Waals surface area contributed by atoms with Crippen LogP contribution in [-0.2, 0) is 17.6 Å². The van der Waals surface area contributed by atoms with Gasteiger partial charge in [-0.3, -0.25) is 4.79 Å². The highest BCUT2D eigenvalue weighted by molar-refractivity contribution is 7.14. The number of rotatable bonds is 3. The molecule has 4 rings (SSSR count). The van der Waals surface area contributed by atoms with Gasteiger partial charge in [0.1, 0.15) is 5.82 Å². The predicted molar refractivity (Wildman–Crippen MR) is 105 cm³/mol. The van der Waals surface area contributed by atoms with Gasteiger partial charge in [0.15, 0.2) is 0 Å². The molecular weight excluding hydrogens is 346 g/mol. The predicted octanol–water partition coefficient (Wildman–Crippen LogP) is 3.89. The van der Waals surface area contributed by atoms with Gasteiger partial charge in [0.25, 0.3) is 5.91 Å². The van der Waals surface area contributed by atoms with Crippen molar-refractivity contribution < 1.29 is 9.53 Å². The molecule has 2 aromatic rings. The number of ether oxygens (including phenoxy) is 1. The fourth-order valence-electron chi connectivity index (χ4n) is 3.59. The molecule has 5 nitrogen and oxygen atoms in total. The molecule has 1 fully saturated rings. The number of aromatic nitrogens is 1. The van der Waals surface area contributed by atoms with Gasteiger partial charge in [-0.05, 0) is 49.4 Å². The molecule has 6 heteroatoms. The molecule has 0 saturated carbocycles. The van der Waals surface area contributed by atoms with Crippen molar-refractivity contribution in [2.45, 2.75) is 38.5 Å². The number of fused-ring (bicyclic) bond motifs is 1. The Morgan fingerprint density at radius 3 is 2.69 bits per heavy atom. The van der Waals surface area contributed by atoms with Crippen LogP contribution in [0.2, 0.25) is 0 Å². The Labute approximate surface area is 158 Å². The molecule has 1 saturated heterocycles. The molecule has 0 radical (unpaired) electrons. The van der Waals surface area contributed by atoms with Crippen LogP contribution >= 0.6 is 11.3 Å². The molecule has 0 atom stereocenters. The summed E-state index contributed by atoms with van der Waals surface area (Å²) in [4.78, 5) is 21.5. The molecule has 2 aliphatic rings. The number of pyridine rings is 1. The second-order valence-electron chi connectivity index (χ2n) is 6.93. The van der Waals surface area contributed by atoms with E-state index in [0.29, 0.717) is 0 Å². The molecule has 0 bridgehead atoms. The average molecular weight is 372 g/mol. The fraction of sp³-hybridized carbons (Fsp3) is 0.500. The average Bonchev–Trinajstić information content (AvgIpc) is 3.05. The van der Waals surface area contributed by atoms with E-state index < -0.39 is 0 Å². The van der Waals surface area contributed by atoms with Gasteiger partial charge in [-0.1, -0.05) is 12.8 Å². The Bertz CT molecular complexity index is 725. The minimum Gasteiger partial charge on any atom is -0.378 e. The zero-order chi connectivity index (χ0) is 17.8. The third-order valence-electron chi connectivity index (χ3n) is 5.06. The number of nitrogens with one attached hydrogen (secondary N) is 1. The Balaban J connectivity index is 1.42. The summed E-state index contributed by atoms with van der Waals surface area (Å²) in [6, 6.07) is 5.99. The highest BCUT2D eigenvalue weighted by atomic mass is 32.1. The first-order chi connectivity index (χ1) is 12.8. The Morgan fingerprint density at radius 2 is 1.92 bits per heavy atom. The highest BCUT2D eigenvalue weighted by Gasteiger charge is 2.17. The van der Waals surface area contributed by atoms with Crippen LogP contribution in [0, 0.1) is 0 Å². The number of amides is 1. The number of thiophene rings is 1. The number of hydrogen-bond acceptors (Lipinski definition) is 5. The van der Waals surface area contributed by atoms with Crippen LogP contribution in [0.3, 0.4) is 0 Å². The first-order valence-electron chi connectivity index (χ1n) is 9.51. The summed E-state index contributed by atoms with van der Waals surface area (Å²) >= 11 is 1.66. The normalized spacial score (nSPS) is 17.9. The minimum absolute atomic E-state index is 0.0253. The van der Waals surface area contributed by atoms with Gasteiger partial charge >= 0.3 is 0 Å². The first-order valence-corrected chi connectivity index (χ1v) is 10.3. The molecule has 1 N–H and O–H groups in total. The van der Waals surface area contributed by atoms with Gasteiger partial charge in [0.05, 0.1) is 30.0 Å². The van der Waals surface area contributed by atoms with E-state index in [9.17, 15) is 4.79 Å². The van der Waals surface area contributed by atoms with Gasteiger partial charge in [-0.15, -0.1) is 11.3 Å². The summed E-state index contributed by atoms with van der Waals surface area (Å²) in [6.07, 6.45) is 9.04. The summed E-state index contributed by atoms with van der Waals surface area (Å²) in [5.74, 6) is 0.910. The summed E-state index contributed by atoms with van der Waals surface area (Å²) in [6.45, 7) is 3.20. The van der Waals surface area contributed by atoms with Crippen LogP contribution in [0.25, 0.3) is 0 Å². The highest BCUT2D eigenvalue weighted by Crippen LogP contribution is 2.29. The summed E-state index contributed by atoms with van der Waals surface area (Å²) < 4.78 is 5.37. The second-order valence-corrected chi connectivity index (χ2v) is 8.07. The third kappa shape index (κ3) is 4.07. The lowest BCUT2D eigenvalue weighted by atomic mass is 10.00. The SMILES string of the molecule is O=C(Nc1ccc(N2CCOCC2)nc1)c1cc2c(s1)CCCCCC2. The van der Waals surface area contributed by atoms with E-state index in [0.717, 1.165) is 55.5 Å². The summed E-state index contributed by atoms with van der Waals surface area (Å²) in [5, 5.41) is 2.99. The summed E-state index contributed by atoms with van der Waals surface area (Å²) in [7, 11) is 0. The van der Waals surface area contributed by atoms with Crippen LogP contribution < -0.4 is 10.2 Å². The molecule has 3 heterocycles. The van der Waals surface area contributed by atoms with Crippen molar-refractivity contribution in [3.63, 3.8) is 0 Å². The third-order valence-corrected chi connectivity index (χ3v) is 6.30. The van der Waals surface area contributed by atoms with Crippen molar-refractivity contribution in [2.24, 2.45) is 0 Å². The number of carbonyl (C=O) groups excluding carboxylic acids is 1.